The van der Waals surface area contributed by atoms with Crippen molar-refractivity contribution in [1.82, 2.24) is 5.32 Å². The first-order valence-electron chi connectivity index (χ1n) is 4.88. The van der Waals surface area contributed by atoms with Crippen LogP contribution in [0, 0.1) is 0 Å². The fourth-order valence-corrected chi connectivity index (χ4v) is 1.24. The molecule has 1 unspecified atom stereocenters. The molecule has 0 aliphatic heterocycles. The summed E-state index contributed by atoms with van der Waals surface area (Å²) in [6, 6.07) is 6.89. The van der Waals surface area contributed by atoms with E-state index in [1.54, 1.807) is 24.3 Å². The minimum Gasteiger partial charge on any atom is -0.392 e. The van der Waals surface area contributed by atoms with E-state index in [-0.39, 0.29) is 18.6 Å². The molecule has 1 aromatic carbocycles. The number of aliphatic hydroxyl groups excluding tert-OH is 1. The Morgan fingerprint density at radius 1 is 1.53 bits per heavy atom. The third-order valence-electron chi connectivity index (χ3n) is 2.16. The molecule has 0 spiro atoms. The maximum absolute atomic E-state index is 11.7. The number of aliphatic hydroxyl groups is 1. The zero-order chi connectivity index (χ0) is 11.3. The van der Waals surface area contributed by atoms with Crippen LogP contribution in [0.3, 0.4) is 0 Å². The average molecular weight is 208 g/mol. The zero-order valence-corrected chi connectivity index (χ0v) is 8.73. The molecule has 82 valence electrons. The summed E-state index contributed by atoms with van der Waals surface area (Å²) >= 11 is 0. The van der Waals surface area contributed by atoms with Crippen molar-refractivity contribution in [3.05, 3.63) is 35.4 Å². The Balaban J connectivity index is 2.81. The van der Waals surface area contributed by atoms with Crippen LogP contribution in [0.1, 0.15) is 22.8 Å². The van der Waals surface area contributed by atoms with Crippen molar-refractivity contribution in [2.75, 3.05) is 6.54 Å². The Labute approximate surface area is 89.1 Å². The molecule has 1 atom stereocenters. The lowest BCUT2D eigenvalue weighted by atomic mass is 10.1. The van der Waals surface area contributed by atoms with Crippen LogP contribution in [0.4, 0.5) is 0 Å². The standard InChI is InChI=1S/C11H16N2O2/c1-8(6-12)13-11(15)10-5-3-2-4-9(10)7-14/h2-5,8,14H,6-7,12H2,1H3,(H,13,15). The van der Waals surface area contributed by atoms with E-state index in [2.05, 4.69) is 5.32 Å². The molecule has 1 amide bonds. The fraction of sp³-hybridized carbons (Fsp3) is 0.364. The second-order valence-corrected chi connectivity index (χ2v) is 3.43. The van der Waals surface area contributed by atoms with Crippen LogP contribution >= 0.6 is 0 Å². The first-order chi connectivity index (χ1) is 7.19. The van der Waals surface area contributed by atoms with Crippen molar-refractivity contribution in [2.24, 2.45) is 5.73 Å². The van der Waals surface area contributed by atoms with E-state index < -0.39 is 0 Å². The maximum Gasteiger partial charge on any atom is 0.251 e. The number of rotatable bonds is 4. The van der Waals surface area contributed by atoms with E-state index in [0.29, 0.717) is 17.7 Å². The number of benzene rings is 1. The van der Waals surface area contributed by atoms with Crippen molar-refractivity contribution < 1.29 is 9.90 Å². The number of hydrogen-bond acceptors (Lipinski definition) is 3. The van der Waals surface area contributed by atoms with Crippen LogP contribution in [-0.4, -0.2) is 23.6 Å². The highest BCUT2D eigenvalue weighted by Gasteiger charge is 2.11. The molecule has 0 aliphatic carbocycles. The molecule has 4 heteroatoms. The Morgan fingerprint density at radius 2 is 2.20 bits per heavy atom. The number of amides is 1. The Kier molecular flexibility index (Phi) is 4.27. The lowest BCUT2D eigenvalue weighted by molar-refractivity contribution is 0.0938. The lowest BCUT2D eigenvalue weighted by Gasteiger charge is -2.12. The summed E-state index contributed by atoms with van der Waals surface area (Å²) in [4.78, 5) is 11.7. The highest BCUT2D eigenvalue weighted by Crippen LogP contribution is 2.08. The summed E-state index contributed by atoms with van der Waals surface area (Å²) in [5, 5.41) is 11.8. The monoisotopic (exact) mass is 208 g/mol. The largest absolute Gasteiger partial charge is 0.392 e. The Hall–Kier alpha value is -1.39. The van der Waals surface area contributed by atoms with E-state index in [1.807, 2.05) is 6.92 Å². The van der Waals surface area contributed by atoms with Gasteiger partial charge in [0.25, 0.3) is 5.91 Å². The predicted octanol–water partition coefficient (Wildman–Crippen LogP) is 0.256. The van der Waals surface area contributed by atoms with E-state index in [4.69, 9.17) is 10.8 Å². The second kappa shape index (κ2) is 5.48. The minimum absolute atomic E-state index is 0.0655. The van der Waals surface area contributed by atoms with Crippen molar-refractivity contribution in [1.29, 1.82) is 0 Å². The van der Waals surface area contributed by atoms with Gasteiger partial charge < -0.3 is 16.2 Å². The van der Waals surface area contributed by atoms with Crippen LogP contribution in [0.25, 0.3) is 0 Å². The molecule has 4 nitrogen and oxygen atoms in total. The van der Waals surface area contributed by atoms with Gasteiger partial charge in [-0.15, -0.1) is 0 Å². The molecule has 0 fully saturated rings. The van der Waals surface area contributed by atoms with Gasteiger partial charge in [-0.1, -0.05) is 18.2 Å². The summed E-state index contributed by atoms with van der Waals surface area (Å²) < 4.78 is 0. The molecular formula is C11H16N2O2. The SMILES string of the molecule is CC(CN)NC(=O)c1ccccc1CO. The quantitative estimate of drug-likeness (QED) is 0.664. The highest BCUT2D eigenvalue weighted by atomic mass is 16.3. The second-order valence-electron chi connectivity index (χ2n) is 3.43. The third-order valence-corrected chi connectivity index (χ3v) is 2.16. The van der Waals surface area contributed by atoms with Gasteiger partial charge in [0.15, 0.2) is 0 Å². The van der Waals surface area contributed by atoms with Gasteiger partial charge in [-0.3, -0.25) is 4.79 Å². The van der Waals surface area contributed by atoms with Crippen molar-refractivity contribution in [2.45, 2.75) is 19.6 Å². The van der Waals surface area contributed by atoms with Gasteiger partial charge in [0, 0.05) is 18.2 Å². The van der Waals surface area contributed by atoms with Crippen LogP contribution in [0.5, 0.6) is 0 Å². The van der Waals surface area contributed by atoms with Crippen molar-refractivity contribution in [3.63, 3.8) is 0 Å². The summed E-state index contributed by atoms with van der Waals surface area (Å²) in [6.45, 7) is 2.09. The Bertz CT molecular complexity index is 339. The van der Waals surface area contributed by atoms with E-state index in [0.717, 1.165) is 0 Å². The molecule has 4 N–H and O–H groups in total. The first-order valence-corrected chi connectivity index (χ1v) is 4.88. The first kappa shape index (κ1) is 11.7. The molecule has 0 aliphatic rings. The number of nitrogens with one attached hydrogen (secondary N) is 1. The van der Waals surface area contributed by atoms with Gasteiger partial charge >= 0.3 is 0 Å². The van der Waals surface area contributed by atoms with E-state index in [1.165, 1.54) is 0 Å². The van der Waals surface area contributed by atoms with Crippen LogP contribution in [0.15, 0.2) is 24.3 Å². The van der Waals surface area contributed by atoms with Gasteiger partial charge in [0.05, 0.1) is 6.61 Å². The Morgan fingerprint density at radius 3 is 2.80 bits per heavy atom. The van der Waals surface area contributed by atoms with Gasteiger partial charge in [-0.05, 0) is 18.6 Å². The predicted molar refractivity (Wildman–Crippen MR) is 58.3 cm³/mol. The molecule has 0 bridgehead atoms. The molecule has 0 radical (unpaired) electrons. The van der Waals surface area contributed by atoms with Crippen LogP contribution in [0.2, 0.25) is 0 Å². The number of carbonyl (C=O) groups excluding carboxylic acids is 1. The normalized spacial score (nSPS) is 12.2. The summed E-state index contributed by atoms with van der Waals surface area (Å²) in [5.41, 5.74) is 6.53. The topological polar surface area (TPSA) is 75.3 Å². The van der Waals surface area contributed by atoms with E-state index >= 15 is 0 Å². The van der Waals surface area contributed by atoms with Gasteiger partial charge in [0.2, 0.25) is 0 Å². The van der Waals surface area contributed by atoms with Crippen molar-refractivity contribution in [3.8, 4) is 0 Å². The molecule has 0 heterocycles. The molecule has 15 heavy (non-hydrogen) atoms. The smallest absolute Gasteiger partial charge is 0.251 e. The van der Waals surface area contributed by atoms with Gasteiger partial charge in [0.1, 0.15) is 0 Å². The molecule has 0 saturated carbocycles. The highest BCUT2D eigenvalue weighted by molar-refractivity contribution is 5.95. The number of carbonyl (C=O) groups is 1. The maximum atomic E-state index is 11.7. The molecule has 1 rings (SSSR count). The summed E-state index contributed by atoms with van der Waals surface area (Å²) in [7, 11) is 0. The number of hydrogen-bond donors (Lipinski definition) is 3. The van der Waals surface area contributed by atoms with Gasteiger partial charge in [-0.2, -0.15) is 0 Å². The number of nitrogens with two attached hydrogens (primary N) is 1. The molecular weight excluding hydrogens is 192 g/mol. The van der Waals surface area contributed by atoms with Gasteiger partial charge in [-0.25, -0.2) is 0 Å². The van der Waals surface area contributed by atoms with Crippen LogP contribution in [-0.2, 0) is 6.61 Å². The molecule has 0 aromatic heterocycles. The van der Waals surface area contributed by atoms with Crippen LogP contribution < -0.4 is 11.1 Å². The average Bonchev–Trinajstić information content (AvgIpc) is 2.28. The fourth-order valence-electron chi connectivity index (χ4n) is 1.24. The van der Waals surface area contributed by atoms with E-state index in [9.17, 15) is 4.79 Å². The minimum atomic E-state index is -0.197. The van der Waals surface area contributed by atoms with Crippen molar-refractivity contribution >= 4 is 5.91 Å². The summed E-state index contributed by atoms with van der Waals surface area (Å²) in [6.07, 6.45) is 0. The molecule has 1 aromatic rings. The lowest BCUT2D eigenvalue weighted by Crippen LogP contribution is -2.38. The summed E-state index contributed by atoms with van der Waals surface area (Å²) in [5.74, 6) is -0.197. The molecule has 0 saturated heterocycles. The third kappa shape index (κ3) is 3.04. The zero-order valence-electron chi connectivity index (χ0n) is 8.73.